The zero-order chi connectivity index (χ0) is 17.9. The number of nitrogens with one attached hydrogen (secondary N) is 2. The number of nitrogens with zero attached hydrogens (tertiary/aromatic N) is 2. The van der Waals surface area contributed by atoms with E-state index < -0.39 is 0 Å². The molecule has 0 spiro atoms. The first-order valence-electron chi connectivity index (χ1n) is 9.43. The molecular formula is C20H26N4O2. The van der Waals surface area contributed by atoms with Crippen LogP contribution in [0.25, 0.3) is 11.1 Å². The second-order valence-corrected chi connectivity index (χ2v) is 7.22. The van der Waals surface area contributed by atoms with Crippen LogP contribution in [0.4, 0.5) is 0 Å². The van der Waals surface area contributed by atoms with E-state index in [9.17, 15) is 4.79 Å². The molecule has 1 atom stereocenters. The van der Waals surface area contributed by atoms with Gasteiger partial charge in [0, 0.05) is 36.8 Å². The summed E-state index contributed by atoms with van der Waals surface area (Å²) < 4.78 is 5.35. The molecule has 1 amide bonds. The lowest BCUT2D eigenvalue weighted by Crippen LogP contribution is -2.42. The molecule has 2 saturated heterocycles. The number of likely N-dealkylation sites (tertiary alicyclic amines) is 1. The van der Waals surface area contributed by atoms with Crippen LogP contribution in [0.1, 0.15) is 30.9 Å². The van der Waals surface area contributed by atoms with Crippen LogP contribution in [-0.4, -0.2) is 54.3 Å². The largest absolute Gasteiger partial charge is 0.497 e. The summed E-state index contributed by atoms with van der Waals surface area (Å²) in [6.07, 6.45) is 4.82. The van der Waals surface area contributed by atoms with Crippen molar-refractivity contribution in [1.29, 1.82) is 0 Å². The third kappa shape index (κ3) is 3.33. The summed E-state index contributed by atoms with van der Waals surface area (Å²) in [5, 5.41) is 10.8. The summed E-state index contributed by atoms with van der Waals surface area (Å²) in [7, 11) is 1.68. The molecule has 0 bridgehead atoms. The molecule has 2 aromatic rings. The number of piperidine rings is 1. The van der Waals surface area contributed by atoms with Gasteiger partial charge in [-0.25, -0.2) is 0 Å². The average Bonchev–Trinajstić information content (AvgIpc) is 3.39. The minimum absolute atomic E-state index is 0.172. The number of hydrogen-bond acceptors (Lipinski definition) is 4. The molecule has 4 rings (SSSR count). The Kier molecular flexibility index (Phi) is 4.93. The van der Waals surface area contributed by atoms with Crippen LogP contribution >= 0.6 is 0 Å². The van der Waals surface area contributed by atoms with E-state index >= 15 is 0 Å². The number of methoxy groups -OCH3 is 1. The number of aromatic nitrogens is 2. The van der Waals surface area contributed by atoms with Gasteiger partial charge in [0.1, 0.15) is 5.75 Å². The summed E-state index contributed by atoms with van der Waals surface area (Å²) in [5.41, 5.74) is 3.42. The Balaban J connectivity index is 1.45. The van der Waals surface area contributed by atoms with Gasteiger partial charge in [-0.3, -0.25) is 9.89 Å². The minimum atomic E-state index is 0.172. The van der Waals surface area contributed by atoms with Crippen LogP contribution in [0.5, 0.6) is 5.75 Å². The molecule has 3 heterocycles. The Morgan fingerprint density at radius 3 is 2.85 bits per heavy atom. The number of rotatable bonds is 4. The van der Waals surface area contributed by atoms with Gasteiger partial charge in [-0.05, 0) is 43.5 Å². The zero-order valence-corrected chi connectivity index (χ0v) is 15.2. The Bertz CT molecular complexity index is 759. The Hall–Kier alpha value is -2.34. The molecule has 138 valence electrons. The SMILES string of the molecule is COc1cccc(-c2cn[nH]c2C2CCN(C(=O)[C@H]3CCNC3)CC2)c1. The molecule has 2 N–H and O–H groups in total. The van der Waals surface area contributed by atoms with Crippen LogP contribution in [0.2, 0.25) is 0 Å². The number of ether oxygens (including phenoxy) is 1. The van der Waals surface area contributed by atoms with E-state index in [0.717, 1.165) is 62.3 Å². The van der Waals surface area contributed by atoms with E-state index in [4.69, 9.17) is 4.74 Å². The van der Waals surface area contributed by atoms with Crippen molar-refractivity contribution in [1.82, 2.24) is 20.4 Å². The van der Waals surface area contributed by atoms with Crippen LogP contribution < -0.4 is 10.1 Å². The van der Waals surface area contributed by atoms with Crippen molar-refractivity contribution in [3.05, 3.63) is 36.2 Å². The van der Waals surface area contributed by atoms with E-state index in [1.165, 1.54) is 5.69 Å². The fourth-order valence-corrected chi connectivity index (χ4v) is 4.14. The van der Waals surface area contributed by atoms with Gasteiger partial charge >= 0.3 is 0 Å². The molecule has 0 radical (unpaired) electrons. The highest BCUT2D eigenvalue weighted by molar-refractivity contribution is 5.79. The fourth-order valence-electron chi connectivity index (χ4n) is 4.14. The van der Waals surface area contributed by atoms with Crippen molar-refractivity contribution >= 4 is 5.91 Å². The molecule has 0 aliphatic carbocycles. The molecule has 0 unspecified atom stereocenters. The molecule has 6 heteroatoms. The van der Waals surface area contributed by atoms with Gasteiger partial charge in [0.15, 0.2) is 0 Å². The molecule has 2 aliphatic heterocycles. The Morgan fingerprint density at radius 1 is 1.27 bits per heavy atom. The average molecular weight is 354 g/mol. The van der Waals surface area contributed by atoms with Crippen molar-refractivity contribution in [2.75, 3.05) is 33.3 Å². The fraction of sp³-hybridized carbons (Fsp3) is 0.500. The predicted molar refractivity (Wildman–Crippen MR) is 100 cm³/mol. The van der Waals surface area contributed by atoms with E-state index in [0.29, 0.717) is 11.8 Å². The standard InChI is InChI=1S/C20H26N4O2/c1-26-17-4-2-3-15(11-17)18-13-22-23-19(18)14-6-9-24(10-7-14)20(25)16-5-8-21-12-16/h2-4,11,13-14,16,21H,5-10,12H2,1H3,(H,22,23)/t16-/m0/s1. The van der Waals surface area contributed by atoms with Crippen LogP contribution in [0, 0.1) is 5.92 Å². The van der Waals surface area contributed by atoms with E-state index in [1.54, 1.807) is 7.11 Å². The van der Waals surface area contributed by atoms with Crippen molar-refractivity contribution in [2.24, 2.45) is 5.92 Å². The lowest BCUT2D eigenvalue weighted by atomic mass is 9.89. The third-order valence-corrected chi connectivity index (χ3v) is 5.67. The second-order valence-electron chi connectivity index (χ2n) is 7.22. The number of carbonyl (C=O) groups excluding carboxylic acids is 1. The normalized spacial score (nSPS) is 21.1. The third-order valence-electron chi connectivity index (χ3n) is 5.67. The first kappa shape index (κ1) is 17.1. The van der Waals surface area contributed by atoms with Gasteiger partial charge in [-0.15, -0.1) is 0 Å². The second kappa shape index (κ2) is 7.50. The number of benzene rings is 1. The molecular weight excluding hydrogens is 328 g/mol. The first-order chi connectivity index (χ1) is 12.8. The Labute approximate surface area is 153 Å². The van der Waals surface area contributed by atoms with E-state index in [-0.39, 0.29) is 5.92 Å². The van der Waals surface area contributed by atoms with Crippen molar-refractivity contribution < 1.29 is 9.53 Å². The van der Waals surface area contributed by atoms with Gasteiger partial charge in [-0.1, -0.05) is 12.1 Å². The van der Waals surface area contributed by atoms with Crippen molar-refractivity contribution in [3.63, 3.8) is 0 Å². The van der Waals surface area contributed by atoms with Crippen molar-refractivity contribution in [3.8, 4) is 16.9 Å². The molecule has 26 heavy (non-hydrogen) atoms. The molecule has 2 aliphatic rings. The lowest BCUT2D eigenvalue weighted by molar-refractivity contribution is -0.136. The topological polar surface area (TPSA) is 70.2 Å². The zero-order valence-electron chi connectivity index (χ0n) is 15.2. The van der Waals surface area contributed by atoms with E-state index in [1.807, 2.05) is 24.4 Å². The first-order valence-corrected chi connectivity index (χ1v) is 9.43. The molecule has 1 aromatic heterocycles. The van der Waals surface area contributed by atoms with Crippen LogP contribution in [0.15, 0.2) is 30.5 Å². The summed E-state index contributed by atoms with van der Waals surface area (Å²) in [6, 6.07) is 8.08. The van der Waals surface area contributed by atoms with E-state index in [2.05, 4.69) is 26.5 Å². The lowest BCUT2D eigenvalue weighted by Gasteiger charge is -2.33. The maximum atomic E-state index is 12.6. The smallest absolute Gasteiger partial charge is 0.227 e. The molecule has 0 saturated carbocycles. The van der Waals surface area contributed by atoms with Crippen LogP contribution in [-0.2, 0) is 4.79 Å². The highest BCUT2D eigenvalue weighted by atomic mass is 16.5. The van der Waals surface area contributed by atoms with Gasteiger partial charge in [0.2, 0.25) is 5.91 Å². The summed E-state index contributed by atoms with van der Waals surface area (Å²) >= 11 is 0. The van der Waals surface area contributed by atoms with Crippen molar-refractivity contribution in [2.45, 2.75) is 25.2 Å². The summed E-state index contributed by atoms with van der Waals surface area (Å²) in [5.74, 6) is 1.75. The number of carbonyl (C=O) groups is 1. The predicted octanol–water partition coefficient (Wildman–Crippen LogP) is 2.40. The summed E-state index contributed by atoms with van der Waals surface area (Å²) in [6.45, 7) is 3.46. The highest BCUT2D eigenvalue weighted by Crippen LogP contribution is 2.35. The quantitative estimate of drug-likeness (QED) is 0.885. The highest BCUT2D eigenvalue weighted by Gasteiger charge is 2.31. The van der Waals surface area contributed by atoms with Gasteiger partial charge in [0.25, 0.3) is 0 Å². The maximum absolute atomic E-state index is 12.6. The van der Waals surface area contributed by atoms with Gasteiger partial charge < -0.3 is 15.0 Å². The maximum Gasteiger partial charge on any atom is 0.227 e. The molecule has 6 nitrogen and oxygen atoms in total. The van der Waals surface area contributed by atoms with Gasteiger partial charge in [-0.2, -0.15) is 5.10 Å². The minimum Gasteiger partial charge on any atom is -0.497 e. The summed E-state index contributed by atoms with van der Waals surface area (Å²) in [4.78, 5) is 14.7. The number of H-pyrrole nitrogens is 1. The number of aromatic amines is 1. The number of hydrogen-bond donors (Lipinski definition) is 2. The van der Waals surface area contributed by atoms with Gasteiger partial charge in [0.05, 0.1) is 19.2 Å². The Morgan fingerprint density at radius 2 is 2.12 bits per heavy atom. The molecule has 1 aromatic carbocycles. The monoisotopic (exact) mass is 354 g/mol. The van der Waals surface area contributed by atoms with Crippen LogP contribution in [0.3, 0.4) is 0 Å². The molecule has 2 fully saturated rings. The number of amides is 1.